The molecule has 2 aromatic carbocycles. The Morgan fingerprint density at radius 1 is 1.03 bits per heavy atom. The van der Waals surface area contributed by atoms with Gasteiger partial charge in [0.15, 0.2) is 5.17 Å². The Morgan fingerprint density at radius 2 is 1.67 bits per heavy atom. The molecule has 1 fully saturated rings. The SMILES string of the molecule is CC(=O)N1N=C(NC(=O)C2CCN(S(=O)(=O)c3ccc(C)cc3)CC2)SC1c1ccccc1. The minimum Gasteiger partial charge on any atom is -0.303 e. The first-order valence-corrected chi connectivity index (χ1v) is 13.1. The van der Waals surface area contributed by atoms with E-state index in [1.54, 1.807) is 24.3 Å². The lowest BCUT2D eigenvalue weighted by molar-refractivity contribution is -0.129. The molecule has 0 spiro atoms. The average Bonchev–Trinajstić information content (AvgIpc) is 3.24. The largest absolute Gasteiger partial charge is 0.303 e. The third-order valence-corrected chi connectivity index (χ3v) is 8.78. The predicted molar refractivity (Wildman–Crippen MR) is 128 cm³/mol. The number of aryl methyl sites for hydroxylation is 1. The van der Waals surface area contributed by atoms with Crippen LogP contribution in [0.4, 0.5) is 0 Å². The molecule has 2 aliphatic rings. The fourth-order valence-corrected chi connectivity index (χ4v) is 6.44. The first-order valence-electron chi connectivity index (χ1n) is 10.7. The van der Waals surface area contributed by atoms with E-state index in [1.807, 2.05) is 37.3 Å². The van der Waals surface area contributed by atoms with Crippen LogP contribution in [0.2, 0.25) is 0 Å². The molecule has 8 nitrogen and oxygen atoms in total. The lowest BCUT2D eigenvalue weighted by Crippen LogP contribution is -2.43. The molecule has 1 saturated heterocycles. The van der Waals surface area contributed by atoms with E-state index in [1.165, 1.54) is 28.0 Å². The van der Waals surface area contributed by atoms with E-state index in [4.69, 9.17) is 0 Å². The van der Waals surface area contributed by atoms with Gasteiger partial charge in [0.1, 0.15) is 5.37 Å². The molecular weight excluding hydrogens is 460 g/mol. The van der Waals surface area contributed by atoms with Gasteiger partial charge in [-0.25, -0.2) is 13.4 Å². The van der Waals surface area contributed by atoms with Gasteiger partial charge in [-0.2, -0.15) is 4.31 Å². The normalized spacial score (nSPS) is 19.9. The fourth-order valence-electron chi connectivity index (χ4n) is 3.87. The zero-order chi connectivity index (χ0) is 23.6. The number of benzene rings is 2. The third-order valence-electron chi connectivity index (χ3n) is 5.76. The van der Waals surface area contributed by atoms with Gasteiger partial charge in [0.05, 0.1) is 4.90 Å². The van der Waals surface area contributed by atoms with E-state index in [0.717, 1.165) is 11.1 Å². The van der Waals surface area contributed by atoms with E-state index in [-0.39, 0.29) is 41.1 Å². The molecule has 33 heavy (non-hydrogen) atoms. The lowest BCUT2D eigenvalue weighted by atomic mass is 9.97. The van der Waals surface area contributed by atoms with Crippen molar-refractivity contribution in [3.8, 4) is 0 Å². The molecule has 0 bridgehead atoms. The van der Waals surface area contributed by atoms with Gasteiger partial charge in [0.2, 0.25) is 21.8 Å². The molecule has 0 saturated carbocycles. The summed E-state index contributed by atoms with van der Waals surface area (Å²) in [5, 5.41) is 8.55. The van der Waals surface area contributed by atoms with Gasteiger partial charge in [0, 0.05) is 25.9 Å². The van der Waals surface area contributed by atoms with Crippen molar-refractivity contribution in [3.05, 3.63) is 65.7 Å². The highest BCUT2D eigenvalue weighted by Crippen LogP contribution is 2.38. The molecule has 2 amide bonds. The summed E-state index contributed by atoms with van der Waals surface area (Å²) in [5.74, 6) is -0.736. The number of thioether (sulfide) groups is 1. The van der Waals surface area contributed by atoms with Crippen LogP contribution < -0.4 is 5.32 Å². The molecule has 2 aliphatic heterocycles. The Bertz CT molecular complexity index is 1160. The number of hydrazone groups is 1. The van der Waals surface area contributed by atoms with E-state index in [9.17, 15) is 18.0 Å². The monoisotopic (exact) mass is 486 g/mol. The van der Waals surface area contributed by atoms with Gasteiger partial charge in [-0.15, -0.1) is 5.10 Å². The molecule has 0 aliphatic carbocycles. The molecule has 2 aromatic rings. The summed E-state index contributed by atoms with van der Waals surface area (Å²) in [5.41, 5.74) is 1.91. The maximum Gasteiger partial charge on any atom is 0.243 e. The quantitative estimate of drug-likeness (QED) is 0.716. The highest BCUT2D eigenvalue weighted by molar-refractivity contribution is 8.14. The predicted octanol–water partition coefficient (Wildman–Crippen LogP) is 3.08. The highest BCUT2D eigenvalue weighted by atomic mass is 32.2. The minimum atomic E-state index is -3.58. The Balaban J connectivity index is 1.37. The number of nitrogens with one attached hydrogen (secondary N) is 1. The van der Waals surface area contributed by atoms with Crippen molar-refractivity contribution in [2.45, 2.75) is 37.0 Å². The number of sulfonamides is 1. The zero-order valence-corrected chi connectivity index (χ0v) is 20.1. The lowest BCUT2D eigenvalue weighted by Gasteiger charge is -2.30. The van der Waals surface area contributed by atoms with Crippen LogP contribution in [0.25, 0.3) is 0 Å². The second-order valence-corrected chi connectivity index (χ2v) is 11.1. The van der Waals surface area contributed by atoms with Gasteiger partial charge >= 0.3 is 0 Å². The van der Waals surface area contributed by atoms with E-state index < -0.39 is 10.0 Å². The second-order valence-electron chi connectivity index (χ2n) is 8.13. The third kappa shape index (κ3) is 5.13. The molecule has 0 aromatic heterocycles. The molecular formula is C23H26N4O4S2. The first-order chi connectivity index (χ1) is 15.8. The summed E-state index contributed by atoms with van der Waals surface area (Å²) in [6, 6.07) is 16.3. The molecule has 2 heterocycles. The number of amides is 2. The molecule has 1 atom stereocenters. The van der Waals surface area contributed by atoms with Crippen molar-refractivity contribution < 1.29 is 18.0 Å². The maximum atomic E-state index is 12.9. The minimum absolute atomic E-state index is 0.203. The Labute approximate surface area is 198 Å². The van der Waals surface area contributed by atoms with Crippen molar-refractivity contribution >= 4 is 38.8 Å². The van der Waals surface area contributed by atoms with Gasteiger partial charge in [0.25, 0.3) is 0 Å². The second kappa shape index (κ2) is 9.66. The fraction of sp³-hybridized carbons (Fsp3) is 0.348. The van der Waals surface area contributed by atoms with Crippen molar-refractivity contribution in [1.29, 1.82) is 0 Å². The number of nitrogens with zero attached hydrogens (tertiary/aromatic N) is 3. The number of hydrogen-bond acceptors (Lipinski definition) is 6. The number of carbonyl (C=O) groups excluding carboxylic acids is 2. The van der Waals surface area contributed by atoms with Crippen LogP contribution in [0.15, 0.2) is 64.6 Å². The summed E-state index contributed by atoms with van der Waals surface area (Å²) in [6.07, 6.45) is 0.848. The summed E-state index contributed by atoms with van der Waals surface area (Å²) in [6.45, 7) is 3.90. The molecule has 1 N–H and O–H groups in total. The highest BCUT2D eigenvalue weighted by Gasteiger charge is 2.35. The number of rotatable bonds is 4. The van der Waals surface area contributed by atoms with Gasteiger partial charge in [-0.3, -0.25) is 9.59 Å². The van der Waals surface area contributed by atoms with Gasteiger partial charge < -0.3 is 5.32 Å². The maximum absolute atomic E-state index is 12.9. The standard InChI is InChI=1S/C23H26N4O4S2/c1-16-8-10-20(11-9-16)33(30,31)26-14-12-18(13-15-26)21(29)24-23-25-27(17(2)28)22(32-23)19-6-4-3-5-7-19/h3-11,18,22H,12-15H2,1-2H3,(H,24,25,29). The zero-order valence-electron chi connectivity index (χ0n) is 18.5. The van der Waals surface area contributed by atoms with Crippen molar-refractivity contribution in [2.75, 3.05) is 13.1 Å². The van der Waals surface area contributed by atoms with E-state index in [2.05, 4.69) is 10.4 Å². The Morgan fingerprint density at radius 3 is 2.27 bits per heavy atom. The van der Waals surface area contributed by atoms with Gasteiger partial charge in [-0.1, -0.05) is 59.8 Å². The molecule has 10 heteroatoms. The molecule has 1 unspecified atom stereocenters. The van der Waals surface area contributed by atoms with Gasteiger partial charge in [-0.05, 0) is 37.5 Å². The number of amidine groups is 1. The molecule has 174 valence electrons. The topological polar surface area (TPSA) is 99.2 Å². The van der Waals surface area contributed by atoms with Crippen LogP contribution >= 0.6 is 11.8 Å². The van der Waals surface area contributed by atoms with E-state index >= 15 is 0 Å². The first kappa shape index (κ1) is 23.5. The van der Waals surface area contributed by atoms with Crippen LogP contribution in [-0.2, 0) is 19.6 Å². The Hall–Kier alpha value is -2.69. The van der Waals surface area contributed by atoms with Crippen LogP contribution in [0.5, 0.6) is 0 Å². The van der Waals surface area contributed by atoms with Crippen LogP contribution in [0.1, 0.15) is 36.3 Å². The summed E-state index contributed by atoms with van der Waals surface area (Å²) >= 11 is 1.31. The molecule has 4 rings (SSSR count). The number of hydrogen-bond donors (Lipinski definition) is 1. The summed E-state index contributed by atoms with van der Waals surface area (Å²) in [4.78, 5) is 25.2. The van der Waals surface area contributed by atoms with Crippen LogP contribution in [0.3, 0.4) is 0 Å². The summed E-state index contributed by atoms with van der Waals surface area (Å²) < 4.78 is 27.2. The number of carbonyl (C=O) groups is 2. The smallest absolute Gasteiger partial charge is 0.243 e. The van der Waals surface area contributed by atoms with Crippen molar-refractivity contribution in [3.63, 3.8) is 0 Å². The average molecular weight is 487 g/mol. The van der Waals surface area contributed by atoms with E-state index in [0.29, 0.717) is 18.0 Å². The van der Waals surface area contributed by atoms with Crippen molar-refractivity contribution in [1.82, 2.24) is 14.6 Å². The van der Waals surface area contributed by atoms with Crippen LogP contribution in [0, 0.1) is 12.8 Å². The summed E-state index contributed by atoms with van der Waals surface area (Å²) in [7, 11) is -3.58. The van der Waals surface area contributed by atoms with Crippen molar-refractivity contribution in [2.24, 2.45) is 11.0 Å². The number of piperidine rings is 1. The molecule has 0 radical (unpaired) electrons. The Kier molecular flexibility index (Phi) is 6.87. The van der Waals surface area contributed by atoms with Crippen LogP contribution in [-0.4, -0.2) is 47.8 Å².